The fourth-order valence-electron chi connectivity index (χ4n) is 3.38. The van der Waals surface area contributed by atoms with E-state index in [1.54, 1.807) is 29.7 Å². The molecule has 0 aliphatic heterocycles. The molecule has 29 heavy (non-hydrogen) atoms. The zero-order valence-corrected chi connectivity index (χ0v) is 16.2. The molecule has 3 aromatic carbocycles. The van der Waals surface area contributed by atoms with Crippen molar-refractivity contribution in [1.82, 2.24) is 14.5 Å². The molecule has 0 spiro atoms. The molecule has 0 aliphatic rings. The second-order valence-corrected chi connectivity index (χ2v) is 7.39. The smallest absolute Gasteiger partial charge is 0.195 e. The highest BCUT2D eigenvalue weighted by Gasteiger charge is 2.23. The average Bonchev–Trinajstić information content (AvgIpc) is 3.43. The lowest BCUT2D eigenvalue weighted by Crippen LogP contribution is -1.99. The molecule has 0 saturated carbocycles. The first-order valence-corrected chi connectivity index (χ1v) is 10.1. The molecule has 0 bridgehead atoms. The number of halogens is 1. The third kappa shape index (κ3) is 3.26. The van der Waals surface area contributed by atoms with E-state index < -0.39 is 0 Å². The Morgan fingerprint density at radius 2 is 1.38 bits per heavy atom. The van der Waals surface area contributed by atoms with E-state index >= 15 is 0 Å². The number of imidazole rings is 1. The van der Waals surface area contributed by atoms with Gasteiger partial charge in [0.2, 0.25) is 0 Å². The fraction of sp³-hybridized carbons (Fsp3) is 0. The number of nitrogens with zero attached hydrogens (tertiary/aromatic N) is 3. The number of benzene rings is 3. The number of aromatic nitrogens is 3. The molecule has 0 aliphatic carbocycles. The zero-order valence-electron chi connectivity index (χ0n) is 15.4. The van der Waals surface area contributed by atoms with Gasteiger partial charge in [0.1, 0.15) is 11.6 Å². The predicted molar refractivity (Wildman–Crippen MR) is 116 cm³/mol. The van der Waals surface area contributed by atoms with Gasteiger partial charge in [-0.15, -0.1) is 11.3 Å². The van der Waals surface area contributed by atoms with Crippen molar-refractivity contribution in [1.29, 1.82) is 0 Å². The Labute approximate surface area is 171 Å². The Bertz CT molecular complexity index is 1230. The highest BCUT2D eigenvalue weighted by Crippen LogP contribution is 2.38. The first kappa shape index (κ1) is 17.5. The summed E-state index contributed by atoms with van der Waals surface area (Å²) in [6.07, 6.45) is 1.78. The van der Waals surface area contributed by atoms with E-state index in [1.807, 2.05) is 41.8 Å². The molecule has 0 fully saturated rings. The van der Waals surface area contributed by atoms with Gasteiger partial charge in [0.15, 0.2) is 5.13 Å². The van der Waals surface area contributed by atoms with Crippen molar-refractivity contribution in [3.05, 3.63) is 102 Å². The quantitative estimate of drug-likeness (QED) is 0.348. The highest BCUT2D eigenvalue weighted by atomic mass is 32.1. The van der Waals surface area contributed by atoms with Crippen LogP contribution in [0.4, 0.5) is 4.39 Å². The monoisotopic (exact) mass is 397 g/mol. The fourth-order valence-corrected chi connectivity index (χ4v) is 4.03. The molecule has 0 unspecified atom stereocenters. The zero-order chi connectivity index (χ0) is 19.6. The second-order valence-electron chi connectivity index (χ2n) is 6.52. The van der Waals surface area contributed by atoms with Crippen molar-refractivity contribution in [2.75, 3.05) is 0 Å². The van der Waals surface area contributed by atoms with Crippen molar-refractivity contribution in [2.45, 2.75) is 0 Å². The third-order valence-corrected chi connectivity index (χ3v) is 5.44. The molecule has 0 N–H and O–H groups in total. The lowest BCUT2D eigenvalue weighted by Gasteiger charge is -2.10. The molecule has 2 aromatic heterocycles. The summed E-state index contributed by atoms with van der Waals surface area (Å²) in [5, 5.41) is 2.76. The van der Waals surface area contributed by atoms with Crippen LogP contribution in [0, 0.1) is 5.82 Å². The molecular weight excluding hydrogens is 381 g/mol. The van der Waals surface area contributed by atoms with E-state index in [2.05, 4.69) is 33.8 Å². The minimum atomic E-state index is -0.271. The van der Waals surface area contributed by atoms with E-state index in [1.165, 1.54) is 12.1 Å². The van der Waals surface area contributed by atoms with E-state index in [-0.39, 0.29) is 5.82 Å². The Morgan fingerprint density at radius 1 is 0.724 bits per heavy atom. The maximum Gasteiger partial charge on any atom is 0.195 e. The maximum absolute atomic E-state index is 13.6. The Morgan fingerprint density at radius 3 is 2.00 bits per heavy atom. The van der Waals surface area contributed by atoms with E-state index in [0.717, 1.165) is 39.0 Å². The number of hydrogen-bond donors (Lipinski definition) is 0. The van der Waals surface area contributed by atoms with E-state index in [9.17, 15) is 4.39 Å². The van der Waals surface area contributed by atoms with Crippen LogP contribution < -0.4 is 0 Å². The summed E-state index contributed by atoms with van der Waals surface area (Å²) < 4.78 is 15.6. The first-order chi connectivity index (χ1) is 14.3. The van der Waals surface area contributed by atoms with Crippen LogP contribution in [0.3, 0.4) is 0 Å². The lowest BCUT2D eigenvalue weighted by atomic mass is 10.0. The maximum atomic E-state index is 13.6. The van der Waals surface area contributed by atoms with Gasteiger partial charge in [0.05, 0.1) is 11.4 Å². The van der Waals surface area contributed by atoms with Crippen molar-refractivity contribution >= 4 is 11.3 Å². The minimum absolute atomic E-state index is 0.271. The third-order valence-electron chi connectivity index (χ3n) is 4.68. The summed E-state index contributed by atoms with van der Waals surface area (Å²) in [5.74, 6) is 0.463. The molecule has 2 heterocycles. The van der Waals surface area contributed by atoms with Crippen molar-refractivity contribution in [3.8, 4) is 39.0 Å². The van der Waals surface area contributed by atoms with Gasteiger partial charge in [-0.2, -0.15) is 0 Å². The van der Waals surface area contributed by atoms with Gasteiger partial charge in [-0.1, -0.05) is 60.7 Å². The Balaban J connectivity index is 1.87. The predicted octanol–water partition coefficient (Wildman–Crippen LogP) is 6.47. The van der Waals surface area contributed by atoms with Gasteiger partial charge >= 0.3 is 0 Å². The molecule has 5 rings (SSSR count). The first-order valence-electron chi connectivity index (χ1n) is 9.20. The molecule has 3 nitrogen and oxygen atoms in total. The molecular formula is C24H16FN3S. The lowest BCUT2D eigenvalue weighted by molar-refractivity contribution is 0.628. The van der Waals surface area contributed by atoms with Gasteiger partial charge in [0, 0.05) is 28.3 Å². The van der Waals surface area contributed by atoms with Crippen LogP contribution in [-0.2, 0) is 0 Å². The molecule has 0 saturated heterocycles. The molecule has 140 valence electrons. The summed E-state index contributed by atoms with van der Waals surface area (Å²) in [6, 6.07) is 26.7. The van der Waals surface area contributed by atoms with Crippen molar-refractivity contribution in [3.63, 3.8) is 0 Å². The highest BCUT2D eigenvalue weighted by molar-refractivity contribution is 7.12. The van der Waals surface area contributed by atoms with Crippen LogP contribution >= 0.6 is 11.3 Å². The van der Waals surface area contributed by atoms with Crippen LogP contribution in [0.1, 0.15) is 0 Å². The summed E-state index contributed by atoms with van der Waals surface area (Å²) in [7, 11) is 0. The van der Waals surface area contributed by atoms with Gasteiger partial charge in [0.25, 0.3) is 0 Å². The number of thiazole rings is 1. The Hall–Kier alpha value is -3.57. The van der Waals surface area contributed by atoms with Crippen LogP contribution in [0.15, 0.2) is 96.5 Å². The minimum Gasteiger partial charge on any atom is -0.267 e. The molecule has 5 aromatic rings. The summed E-state index contributed by atoms with van der Waals surface area (Å²) >= 11 is 1.54. The van der Waals surface area contributed by atoms with Crippen LogP contribution in [0.5, 0.6) is 0 Å². The van der Waals surface area contributed by atoms with Crippen LogP contribution in [-0.4, -0.2) is 14.5 Å². The van der Waals surface area contributed by atoms with Crippen LogP contribution in [0.25, 0.3) is 39.0 Å². The molecule has 0 amide bonds. The largest absolute Gasteiger partial charge is 0.267 e. The van der Waals surface area contributed by atoms with Crippen LogP contribution in [0.2, 0.25) is 0 Å². The molecule has 0 radical (unpaired) electrons. The van der Waals surface area contributed by atoms with Crippen molar-refractivity contribution < 1.29 is 4.39 Å². The summed E-state index contributed by atoms with van der Waals surface area (Å²) in [5.41, 5.74) is 4.73. The summed E-state index contributed by atoms with van der Waals surface area (Å²) in [4.78, 5) is 9.57. The topological polar surface area (TPSA) is 30.7 Å². The molecule has 5 heteroatoms. The SMILES string of the molecule is Fc1ccc(-c2nc(-c3ccccc3)c(-c3ccccc3)n2-c2nccs2)cc1. The summed E-state index contributed by atoms with van der Waals surface area (Å²) in [6.45, 7) is 0. The van der Waals surface area contributed by atoms with E-state index in [0.29, 0.717) is 0 Å². The molecule has 0 atom stereocenters. The average molecular weight is 397 g/mol. The van der Waals surface area contributed by atoms with Gasteiger partial charge in [-0.3, -0.25) is 4.57 Å². The van der Waals surface area contributed by atoms with E-state index in [4.69, 9.17) is 4.98 Å². The van der Waals surface area contributed by atoms with Gasteiger partial charge in [-0.05, 0) is 24.3 Å². The number of hydrogen-bond acceptors (Lipinski definition) is 3. The van der Waals surface area contributed by atoms with Crippen molar-refractivity contribution in [2.24, 2.45) is 0 Å². The second kappa shape index (κ2) is 7.45. The number of rotatable bonds is 4. The Kier molecular flexibility index (Phi) is 4.50. The van der Waals surface area contributed by atoms with Gasteiger partial charge < -0.3 is 0 Å². The van der Waals surface area contributed by atoms with Gasteiger partial charge in [-0.25, -0.2) is 14.4 Å². The standard InChI is InChI=1S/C24H16FN3S/c25-20-13-11-19(12-14-20)23-27-21(17-7-3-1-4-8-17)22(18-9-5-2-6-10-18)28(23)24-26-15-16-29-24/h1-16H. The normalized spacial score (nSPS) is 10.9.